The van der Waals surface area contributed by atoms with Crippen molar-refractivity contribution in [1.82, 2.24) is 0 Å². The summed E-state index contributed by atoms with van der Waals surface area (Å²) >= 11 is 8.21. The van der Waals surface area contributed by atoms with E-state index in [2.05, 4.69) is 15.9 Å². The molecule has 88 valence electrons. The molecule has 0 fully saturated rings. The van der Waals surface area contributed by atoms with Crippen molar-refractivity contribution in [2.24, 2.45) is 0 Å². The maximum absolute atomic E-state index is 12.7. The Hall–Kier alpha value is -0.550. The Morgan fingerprint density at radius 3 is 2.38 bits per heavy atom. The van der Waals surface area contributed by atoms with E-state index in [0.29, 0.717) is 0 Å². The molecule has 1 unspecified atom stereocenters. The van der Waals surface area contributed by atoms with Crippen LogP contribution in [0.4, 0.5) is 13.2 Å². The number of benzene rings is 1. The Bertz CT molecular complexity index is 415. The average Bonchev–Trinajstić information content (AvgIpc) is 2.15. The molecule has 0 amide bonds. The van der Waals surface area contributed by atoms with Crippen LogP contribution in [0, 0.1) is 0 Å². The number of carbonyl (C=O) groups is 1. The van der Waals surface area contributed by atoms with Crippen LogP contribution in [0.3, 0.4) is 0 Å². The molecule has 1 nitrogen and oxygen atoms in total. The third kappa shape index (κ3) is 2.98. The van der Waals surface area contributed by atoms with E-state index in [9.17, 15) is 18.0 Å². The van der Waals surface area contributed by atoms with Gasteiger partial charge in [0.1, 0.15) is 0 Å². The average molecular weight is 316 g/mol. The number of carbonyl (C=O) groups excluding carboxylic acids is 1. The summed E-state index contributed by atoms with van der Waals surface area (Å²) in [5.41, 5.74) is -0.927. The van der Waals surface area contributed by atoms with Gasteiger partial charge in [-0.05, 0) is 36.2 Å². The van der Waals surface area contributed by atoms with Crippen molar-refractivity contribution < 1.29 is 18.0 Å². The summed E-state index contributed by atoms with van der Waals surface area (Å²) in [7, 11) is 0. The molecular formula is C10H7BrClF3O. The lowest BCUT2D eigenvalue weighted by Crippen LogP contribution is -2.10. The number of halogens is 5. The van der Waals surface area contributed by atoms with Crippen molar-refractivity contribution in [3.63, 3.8) is 0 Å². The number of alkyl halides is 4. The van der Waals surface area contributed by atoms with Crippen LogP contribution < -0.4 is 0 Å². The lowest BCUT2D eigenvalue weighted by Gasteiger charge is -2.15. The molecule has 0 aromatic heterocycles. The van der Waals surface area contributed by atoms with Crippen LogP contribution in [-0.4, -0.2) is 5.24 Å². The predicted molar refractivity (Wildman–Crippen MR) is 59.0 cm³/mol. The van der Waals surface area contributed by atoms with E-state index in [-0.39, 0.29) is 11.1 Å². The molecule has 0 bridgehead atoms. The summed E-state index contributed by atoms with van der Waals surface area (Å²) in [6.07, 6.45) is -4.50. The largest absolute Gasteiger partial charge is 0.416 e. The van der Waals surface area contributed by atoms with Gasteiger partial charge in [-0.15, -0.1) is 0 Å². The molecule has 1 atom stereocenters. The fourth-order valence-electron chi connectivity index (χ4n) is 1.27. The molecular weight excluding hydrogens is 308 g/mol. The maximum atomic E-state index is 12.7. The van der Waals surface area contributed by atoms with Crippen molar-refractivity contribution in [3.05, 3.63) is 34.9 Å². The summed E-state index contributed by atoms with van der Waals surface area (Å²) in [5, 5.41) is -0.903. The zero-order valence-electron chi connectivity index (χ0n) is 8.11. The second-order valence-electron chi connectivity index (χ2n) is 3.19. The first-order chi connectivity index (χ1) is 7.23. The molecule has 0 radical (unpaired) electrons. The first-order valence-corrected chi connectivity index (χ1v) is 5.58. The van der Waals surface area contributed by atoms with Crippen LogP contribution in [0.15, 0.2) is 18.2 Å². The maximum Gasteiger partial charge on any atom is 0.416 e. The zero-order chi connectivity index (χ0) is 12.5. The molecule has 0 saturated heterocycles. The minimum atomic E-state index is -4.50. The Labute approximate surface area is 104 Å². The zero-order valence-corrected chi connectivity index (χ0v) is 10.4. The van der Waals surface area contributed by atoms with Gasteiger partial charge in [0.05, 0.1) is 5.56 Å². The summed E-state index contributed by atoms with van der Waals surface area (Å²) in [5.74, 6) is 0. The van der Waals surface area contributed by atoms with Gasteiger partial charge in [0, 0.05) is 10.4 Å². The van der Waals surface area contributed by atoms with E-state index in [1.165, 1.54) is 12.1 Å². The third-order valence-electron chi connectivity index (χ3n) is 2.01. The van der Waals surface area contributed by atoms with Gasteiger partial charge in [-0.25, -0.2) is 0 Å². The number of rotatable bonds is 2. The van der Waals surface area contributed by atoms with Crippen molar-refractivity contribution in [2.45, 2.75) is 17.9 Å². The molecule has 0 N–H and O–H groups in total. The highest BCUT2D eigenvalue weighted by Crippen LogP contribution is 2.37. The minimum absolute atomic E-state index is 0.0779. The number of hydrogen-bond donors (Lipinski definition) is 0. The number of hydrogen-bond acceptors (Lipinski definition) is 1. The van der Waals surface area contributed by atoms with E-state index in [1.54, 1.807) is 6.92 Å². The monoisotopic (exact) mass is 314 g/mol. The molecule has 0 aliphatic carbocycles. The standard InChI is InChI=1S/C10H7BrClF3O/c1-5(11)7-3-2-6(9(12)16)4-8(7)10(13,14)15/h2-5H,1H3. The van der Waals surface area contributed by atoms with Crippen molar-refractivity contribution in [1.29, 1.82) is 0 Å². The minimum Gasteiger partial charge on any atom is -0.276 e. The normalized spacial score (nSPS) is 13.6. The molecule has 0 saturated carbocycles. The molecule has 0 aliphatic rings. The molecule has 6 heteroatoms. The van der Waals surface area contributed by atoms with Gasteiger partial charge in [0.2, 0.25) is 0 Å². The molecule has 16 heavy (non-hydrogen) atoms. The second kappa shape index (κ2) is 4.75. The van der Waals surface area contributed by atoms with Crippen LogP contribution >= 0.6 is 27.5 Å². The lowest BCUT2D eigenvalue weighted by molar-refractivity contribution is -0.138. The van der Waals surface area contributed by atoms with Gasteiger partial charge in [-0.2, -0.15) is 13.2 Å². The van der Waals surface area contributed by atoms with Gasteiger partial charge in [0.25, 0.3) is 5.24 Å². The molecule has 1 aromatic carbocycles. The van der Waals surface area contributed by atoms with Gasteiger partial charge in [-0.1, -0.05) is 22.0 Å². The first-order valence-electron chi connectivity index (χ1n) is 4.28. The van der Waals surface area contributed by atoms with Crippen LogP contribution in [0.25, 0.3) is 0 Å². The van der Waals surface area contributed by atoms with E-state index >= 15 is 0 Å². The molecule has 1 aromatic rings. The van der Waals surface area contributed by atoms with Gasteiger partial charge >= 0.3 is 6.18 Å². The highest BCUT2D eigenvalue weighted by molar-refractivity contribution is 9.09. The SMILES string of the molecule is CC(Br)c1ccc(C(=O)Cl)cc1C(F)(F)F. The fourth-order valence-corrected chi connectivity index (χ4v) is 1.79. The quantitative estimate of drug-likeness (QED) is 0.578. The van der Waals surface area contributed by atoms with Crippen molar-refractivity contribution in [2.75, 3.05) is 0 Å². The van der Waals surface area contributed by atoms with Gasteiger partial charge in [-0.3, -0.25) is 4.79 Å². The van der Waals surface area contributed by atoms with Crippen LogP contribution in [0.2, 0.25) is 0 Å². The Morgan fingerprint density at radius 2 is 2.00 bits per heavy atom. The van der Waals surface area contributed by atoms with E-state index < -0.39 is 21.8 Å². The van der Waals surface area contributed by atoms with Crippen molar-refractivity contribution >= 4 is 32.8 Å². The second-order valence-corrected chi connectivity index (χ2v) is 4.91. The Morgan fingerprint density at radius 1 is 1.44 bits per heavy atom. The van der Waals surface area contributed by atoms with Crippen LogP contribution in [0.5, 0.6) is 0 Å². The van der Waals surface area contributed by atoms with Gasteiger partial charge < -0.3 is 0 Å². The highest BCUT2D eigenvalue weighted by atomic mass is 79.9. The summed E-state index contributed by atoms with van der Waals surface area (Å²) in [6, 6.07) is 3.29. The molecule has 0 heterocycles. The Kier molecular flexibility index (Phi) is 4.02. The molecule has 1 rings (SSSR count). The Balaban J connectivity index is 3.39. The third-order valence-corrected chi connectivity index (χ3v) is 2.73. The lowest BCUT2D eigenvalue weighted by atomic mass is 10.0. The van der Waals surface area contributed by atoms with Crippen molar-refractivity contribution in [3.8, 4) is 0 Å². The molecule has 0 spiro atoms. The first kappa shape index (κ1) is 13.5. The topological polar surface area (TPSA) is 17.1 Å². The van der Waals surface area contributed by atoms with E-state index in [1.807, 2.05) is 0 Å². The van der Waals surface area contributed by atoms with Crippen LogP contribution in [-0.2, 0) is 6.18 Å². The fraction of sp³-hybridized carbons (Fsp3) is 0.300. The van der Waals surface area contributed by atoms with E-state index in [0.717, 1.165) is 6.07 Å². The van der Waals surface area contributed by atoms with Gasteiger partial charge in [0.15, 0.2) is 0 Å². The smallest absolute Gasteiger partial charge is 0.276 e. The highest BCUT2D eigenvalue weighted by Gasteiger charge is 2.34. The van der Waals surface area contributed by atoms with E-state index in [4.69, 9.17) is 11.6 Å². The summed E-state index contributed by atoms with van der Waals surface area (Å²) in [4.78, 5) is 10.3. The summed E-state index contributed by atoms with van der Waals surface area (Å²) in [6.45, 7) is 1.58. The summed E-state index contributed by atoms with van der Waals surface area (Å²) < 4.78 is 38.0. The predicted octanol–water partition coefficient (Wildman–Crippen LogP) is 4.54. The molecule has 0 aliphatic heterocycles. The van der Waals surface area contributed by atoms with Crippen LogP contribution in [0.1, 0.15) is 33.2 Å².